The number of nitrogens with one attached hydrogen (secondary N) is 2. The number of carbonyl (C=O) groups excluding carboxylic acids is 1. The van der Waals surface area contributed by atoms with Gasteiger partial charge >= 0.3 is 0 Å². The van der Waals surface area contributed by atoms with Crippen molar-refractivity contribution in [2.24, 2.45) is 0 Å². The van der Waals surface area contributed by atoms with Gasteiger partial charge in [-0.2, -0.15) is 0 Å². The number of hydrogen-bond acceptors (Lipinski definition) is 5. The zero-order valence-corrected chi connectivity index (χ0v) is 17.7. The molecule has 1 amide bonds. The molecule has 3 aromatic rings. The molecule has 0 radical (unpaired) electrons. The van der Waals surface area contributed by atoms with Crippen molar-refractivity contribution in [3.05, 3.63) is 77.7 Å². The molecule has 0 fully saturated rings. The maximum absolute atomic E-state index is 12.4. The number of carbonyl (C=O) groups is 1. The number of anilines is 1. The van der Waals surface area contributed by atoms with E-state index in [0.29, 0.717) is 28.6 Å². The molecule has 0 unspecified atom stereocenters. The molecule has 0 bridgehead atoms. The summed E-state index contributed by atoms with van der Waals surface area (Å²) in [6.07, 6.45) is 1.77. The van der Waals surface area contributed by atoms with Crippen molar-refractivity contribution in [2.45, 2.75) is 22.8 Å². The topological polar surface area (TPSA) is 88.4 Å². The van der Waals surface area contributed by atoms with Crippen LogP contribution < -0.4 is 10.0 Å². The lowest BCUT2D eigenvalue weighted by molar-refractivity contribution is -0.115. The quantitative estimate of drug-likeness (QED) is 0.467. The van der Waals surface area contributed by atoms with Gasteiger partial charge in [-0.15, -0.1) is 11.8 Å². The van der Waals surface area contributed by atoms with Crippen LogP contribution in [0.4, 0.5) is 5.69 Å². The zero-order chi connectivity index (χ0) is 20.7. The molecule has 0 aliphatic carbocycles. The van der Waals surface area contributed by atoms with Gasteiger partial charge in [-0.25, -0.2) is 13.1 Å². The second kappa shape index (κ2) is 9.98. The third-order valence-corrected chi connectivity index (χ3v) is 6.52. The molecule has 29 heavy (non-hydrogen) atoms. The Balaban J connectivity index is 1.53. The first-order valence-electron chi connectivity index (χ1n) is 8.73. The normalized spacial score (nSPS) is 11.3. The fourth-order valence-corrected chi connectivity index (χ4v) is 4.44. The van der Waals surface area contributed by atoms with Gasteiger partial charge < -0.3 is 9.73 Å². The summed E-state index contributed by atoms with van der Waals surface area (Å²) in [6, 6.07) is 16.9. The van der Waals surface area contributed by atoms with E-state index in [0.717, 1.165) is 4.90 Å². The molecule has 1 aromatic heterocycles. The molecule has 3 rings (SSSR count). The van der Waals surface area contributed by atoms with Crippen molar-refractivity contribution in [1.29, 1.82) is 0 Å². The molecule has 152 valence electrons. The van der Waals surface area contributed by atoms with E-state index < -0.39 is 10.0 Å². The van der Waals surface area contributed by atoms with Gasteiger partial charge in [0.15, 0.2) is 0 Å². The minimum absolute atomic E-state index is 0.0494. The van der Waals surface area contributed by atoms with Crippen LogP contribution in [0.5, 0.6) is 0 Å². The van der Waals surface area contributed by atoms with Crippen LogP contribution in [-0.2, 0) is 21.4 Å². The summed E-state index contributed by atoms with van der Waals surface area (Å²) >= 11 is 7.40. The molecular weight excluding hydrogens is 432 g/mol. The van der Waals surface area contributed by atoms with Crippen LogP contribution in [0.1, 0.15) is 12.2 Å². The second-order valence-electron chi connectivity index (χ2n) is 6.03. The van der Waals surface area contributed by atoms with Gasteiger partial charge in [-0.1, -0.05) is 17.7 Å². The lowest BCUT2D eigenvalue weighted by Gasteiger charge is -2.09. The van der Waals surface area contributed by atoms with Gasteiger partial charge in [0.1, 0.15) is 5.76 Å². The molecule has 0 saturated carbocycles. The van der Waals surface area contributed by atoms with E-state index in [9.17, 15) is 13.2 Å². The third-order valence-electron chi connectivity index (χ3n) is 3.86. The van der Waals surface area contributed by atoms with Crippen LogP contribution in [0.2, 0.25) is 5.02 Å². The Kier molecular flexibility index (Phi) is 7.38. The van der Waals surface area contributed by atoms with E-state index in [1.165, 1.54) is 18.4 Å². The summed E-state index contributed by atoms with van der Waals surface area (Å²) in [4.78, 5) is 13.3. The van der Waals surface area contributed by atoms with E-state index in [1.54, 1.807) is 48.2 Å². The van der Waals surface area contributed by atoms with Crippen LogP contribution in [0, 0.1) is 0 Å². The summed E-state index contributed by atoms with van der Waals surface area (Å²) in [5, 5.41) is 3.40. The van der Waals surface area contributed by atoms with E-state index in [-0.39, 0.29) is 17.3 Å². The van der Waals surface area contributed by atoms with Crippen LogP contribution in [0.3, 0.4) is 0 Å². The van der Waals surface area contributed by atoms with Gasteiger partial charge in [-0.3, -0.25) is 4.79 Å². The van der Waals surface area contributed by atoms with E-state index in [1.807, 2.05) is 12.1 Å². The highest BCUT2D eigenvalue weighted by molar-refractivity contribution is 7.99. The molecule has 0 spiro atoms. The number of halogens is 1. The van der Waals surface area contributed by atoms with Crippen molar-refractivity contribution >= 4 is 45.0 Å². The predicted octanol–water partition coefficient (Wildman–Crippen LogP) is 4.53. The maximum Gasteiger partial charge on any atom is 0.241 e. The standard InChI is InChI=1S/C20H19ClN2O4S2/c21-15-6-8-18(9-7-15)28-12-10-20(24)23-16-3-1-5-19(13-16)29(25,26)22-14-17-4-2-11-27-17/h1-9,11,13,22H,10,12,14H2,(H,23,24). The SMILES string of the molecule is O=C(CCSc1ccc(Cl)cc1)Nc1cccc(S(=O)(=O)NCc2ccco2)c1. The fraction of sp³-hybridized carbons (Fsp3) is 0.150. The molecule has 0 atom stereocenters. The fourth-order valence-electron chi connectivity index (χ4n) is 2.42. The second-order valence-corrected chi connectivity index (χ2v) is 9.40. The number of benzene rings is 2. The lowest BCUT2D eigenvalue weighted by Crippen LogP contribution is -2.23. The largest absolute Gasteiger partial charge is 0.468 e. The average Bonchev–Trinajstić information content (AvgIpc) is 3.22. The van der Waals surface area contributed by atoms with Gasteiger partial charge in [0.25, 0.3) is 0 Å². The van der Waals surface area contributed by atoms with E-state index in [2.05, 4.69) is 10.0 Å². The molecule has 2 N–H and O–H groups in total. The van der Waals surface area contributed by atoms with Crippen molar-refractivity contribution in [1.82, 2.24) is 4.72 Å². The zero-order valence-electron chi connectivity index (χ0n) is 15.3. The molecule has 0 aliphatic rings. The number of rotatable bonds is 9. The van der Waals surface area contributed by atoms with Crippen LogP contribution in [-0.4, -0.2) is 20.1 Å². The van der Waals surface area contributed by atoms with E-state index in [4.69, 9.17) is 16.0 Å². The predicted molar refractivity (Wildman–Crippen MR) is 115 cm³/mol. The van der Waals surface area contributed by atoms with Crippen LogP contribution in [0.15, 0.2) is 81.1 Å². The number of hydrogen-bond donors (Lipinski definition) is 2. The minimum atomic E-state index is -3.73. The Labute approximate surface area is 178 Å². The molecular formula is C20H19ClN2O4S2. The Morgan fingerprint density at radius 2 is 1.86 bits per heavy atom. The molecule has 2 aromatic carbocycles. The molecule has 0 saturated heterocycles. The summed E-state index contributed by atoms with van der Waals surface area (Å²) < 4.78 is 32.5. The Morgan fingerprint density at radius 3 is 2.59 bits per heavy atom. The van der Waals surface area contributed by atoms with Crippen LogP contribution in [0.25, 0.3) is 0 Å². The van der Waals surface area contributed by atoms with Crippen molar-refractivity contribution in [2.75, 3.05) is 11.1 Å². The molecule has 6 nitrogen and oxygen atoms in total. The van der Waals surface area contributed by atoms with Gasteiger partial charge in [0, 0.05) is 27.8 Å². The van der Waals surface area contributed by atoms with Gasteiger partial charge in [-0.05, 0) is 54.6 Å². The third kappa shape index (κ3) is 6.64. The molecule has 1 heterocycles. The van der Waals surface area contributed by atoms with Crippen molar-refractivity contribution < 1.29 is 17.6 Å². The highest BCUT2D eigenvalue weighted by Crippen LogP contribution is 2.21. The maximum atomic E-state index is 12.4. The minimum Gasteiger partial charge on any atom is -0.468 e. The monoisotopic (exact) mass is 450 g/mol. The van der Waals surface area contributed by atoms with Gasteiger partial charge in [0.05, 0.1) is 17.7 Å². The van der Waals surface area contributed by atoms with Crippen LogP contribution >= 0.6 is 23.4 Å². The van der Waals surface area contributed by atoms with Gasteiger partial charge in [0.2, 0.25) is 15.9 Å². The van der Waals surface area contributed by atoms with Crippen molar-refractivity contribution in [3.63, 3.8) is 0 Å². The highest BCUT2D eigenvalue weighted by Gasteiger charge is 2.15. The Morgan fingerprint density at radius 1 is 1.07 bits per heavy atom. The number of amides is 1. The summed E-state index contributed by atoms with van der Waals surface area (Å²) in [7, 11) is -3.73. The number of furan rings is 1. The van der Waals surface area contributed by atoms with Crippen molar-refractivity contribution in [3.8, 4) is 0 Å². The van der Waals surface area contributed by atoms with E-state index >= 15 is 0 Å². The smallest absolute Gasteiger partial charge is 0.241 e. The molecule has 9 heteroatoms. The highest BCUT2D eigenvalue weighted by atomic mass is 35.5. The first kappa shape index (κ1) is 21.4. The Bertz CT molecular complexity index is 1050. The first-order chi connectivity index (χ1) is 13.9. The lowest BCUT2D eigenvalue weighted by atomic mass is 10.3. The first-order valence-corrected chi connectivity index (χ1v) is 11.6. The summed E-state index contributed by atoms with van der Waals surface area (Å²) in [6.45, 7) is 0.0494. The number of sulfonamides is 1. The number of thioether (sulfide) groups is 1. The average molecular weight is 451 g/mol. The summed E-state index contributed by atoms with van der Waals surface area (Å²) in [5.41, 5.74) is 0.423. The molecule has 0 aliphatic heterocycles. The Hall–Kier alpha value is -2.26. The summed E-state index contributed by atoms with van der Waals surface area (Å²) in [5.74, 6) is 0.914.